The van der Waals surface area contributed by atoms with Crippen molar-refractivity contribution in [1.82, 2.24) is 19.6 Å². The second kappa shape index (κ2) is 7.15. The van der Waals surface area contributed by atoms with Gasteiger partial charge >= 0.3 is 6.09 Å². The highest BCUT2D eigenvalue weighted by Crippen LogP contribution is 2.19. The first-order valence-electron chi connectivity index (χ1n) is 8.81. The number of ether oxygens (including phenoxy) is 1. The maximum Gasteiger partial charge on any atom is 0.417 e. The third-order valence-electron chi connectivity index (χ3n) is 4.63. The van der Waals surface area contributed by atoms with Crippen LogP contribution >= 0.6 is 0 Å². The molecule has 2 aromatic heterocycles. The molecule has 3 heterocycles. The number of pyridine rings is 1. The average molecular weight is 378 g/mol. The Kier molecular flexibility index (Phi) is 4.52. The molecule has 0 bridgehead atoms. The first kappa shape index (κ1) is 17.7. The Morgan fingerprint density at radius 1 is 1.18 bits per heavy atom. The first-order chi connectivity index (χ1) is 13.5. The molecule has 3 aromatic rings. The number of rotatable bonds is 5. The molecule has 1 aliphatic heterocycles. The van der Waals surface area contributed by atoms with Crippen molar-refractivity contribution in [2.24, 2.45) is 0 Å². The van der Waals surface area contributed by atoms with Gasteiger partial charge in [-0.3, -0.25) is 14.0 Å². The summed E-state index contributed by atoms with van der Waals surface area (Å²) in [6, 6.07) is 14.1. The van der Waals surface area contributed by atoms with Crippen LogP contribution in [0.25, 0.3) is 5.65 Å². The van der Waals surface area contributed by atoms with Crippen LogP contribution in [0.4, 0.5) is 4.79 Å². The highest BCUT2D eigenvalue weighted by molar-refractivity contribution is 5.98. The van der Waals surface area contributed by atoms with Crippen molar-refractivity contribution in [3.05, 3.63) is 71.7 Å². The lowest BCUT2D eigenvalue weighted by Gasteiger charge is -2.23. The van der Waals surface area contributed by atoms with Crippen molar-refractivity contribution in [1.29, 1.82) is 0 Å². The van der Waals surface area contributed by atoms with Gasteiger partial charge in [0.25, 0.3) is 11.8 Å². The third-order valence-corrected chi connectivity index (χ3v) is 4.63. The van der Waals surface area contributed by atoms with Crippen LogP contribution in [-0.2, 0) is 9.53 Å². The molecule has 28 heavy (non-hydrogen) atoms. The fourth-order valence-corrected chi connectivity index (χ4v) is 3.27. The molecule has 4 rings (SSSR count). The van der Waals surface area contributed by atoms with Gasteiger partial charge in [-0.1, -0.05) is 36.4 Å². The van der Waals surface area contributed by atoms with Crippen LogP contribution < -0.4 is 5.32 Å². The SMILES string of the molecule is Cc1nc2ccccn2c1C(=O)NC(CN1C(=O)COC1=O)c1ccccc1. The van der Waals surface area contributed by atoms with Crippen LogP contribution in [-0.4, -0.2) is 45.3 Å². The van der Waals surface area contributed by atoms with Crippen molar-refractivity contribution in [3.63, 3.8) is 0 Å². The van der Waals surface area contributed by atoms with Gasteiger partial charge in [-0.25, -0.2) is 14.7 Å². The lowest BCUT2D eigenvalue weighted by atomic mass is 10.1. The molecular weight excluding hydrogens is 360 g/mol. The van der Waals surface area contributed by atoms with E-state index in [1.807, 2.05) is 48.5 Å². The third kappa shape index (κ3) is 3.20. The smallest absolute Gasteiger partial charge is 0.417 e. The van der Waals surface area contributed by atoms with Crippen LogP contribution in [0.5, 0.6) is 0 Å². The standard InChI is InChI=1S/C20H18N4O4/c1-13-18(23-10-6-5-9-16(23)21-13)19(26)22-15(14-7-3-2-4-8-14)11-24-17(25)12-28-20(24)27/h2-10,15H,11-12H2,1H3,(H,22,26). The highest BCUT2D eigenvalue weighted by Gasteiger charge is 2.34. The number of nitrogens with one attached hydrogen (secondary N) is 1. The van der Waals surface area contributed by atoms with E-state index in [-0.39, 0.29) is 19.1 Å². The van der Waals surface area contributed by atoms with Gasteiger partial charge in [0.05, 0.1) is 18.3 Å². The van der Waals surface area contributed by atoms with Crippen LogP contribution in [0.3, 0.4) is 0 Å². The molecule has 3 amide bonds. The molecule has 1 unspecified atom stereocenters. The van der Waals surface area contributed by atoms with Gasteiger partial charge in [-0.05, 0) is 24.6 Å². The zero-order valence-electron chi connectivity index (χ0n) is 15.2. The highest BCUT2D eigenvalue weighted by atomic mass is 16.6. The van der Waals surface area contributed by atoms with Crippen LogP contribution in [0.15, 0.2) is 54.7 Å². The molecule has 1 N–H and O–H groups in total. The zero-order chi connectivity index (χ0) is 19.7. The topological polar surface area (TPSA) is 93.0 Å². The number of aromatic nitrogens is 2. The molecule has 0 saturated carbocycles. The van der Waals surface area contributed by atoms with Gasteiger partial charge in [-0.2, -0.15) is 0 Å². The number of amides is 3. The summed E-state index contributed by atoms with van der Waals surface area (Å²) in [6.45, 7) is 1.48. The zero-order valence-corrected chi connectivity index (χ0v) is 15.2. The molecule has 1 atom stereocenters. The summed E-state index contributed by atoms with van der Waals surface area (Å²) in [6.07, 6.45) is 1.06. The molecular formula is C20H18N4O4. The van der Waals surface area contributed by atoms with E-state index >= 15 is 0 Å². The minimum Gasteiger partial charge on any atom is -0.439 e. The Morgan fingerprint density at radius 3 is 2.64 bits per heavy atom. The van der Waals surface area contributed by atoms with Gasteiger partial charge in [0.1, 0.15) is 11.3 Å². The largest absolute Gasteiger partial charge is 0.439 e. The number of imidazole rings is 1. The lowest BCUT2D eigenvalue weighted by Crippen LogP contribution is -2.40. The van der Waals surface area contributed by atoms with Crippen molar-refractivity contribution in [2.75, 3.05) is 13.2 Å². The van der Waals surface area contributed by atoms with E-state index in [0.717, 1.165) is 10.5 Å². The quantitative estimate of drug-likeness (QED) is 0.734. The van der Waals surface area contributed by atoms with E-state index < -0.39 is 18.0 Å². The predicted molar refractivity (Wildman–Crippen MR) is 99.6 cm³/mol. The monoisotopic (exact) mass is 378 g/mol. The number of aryl methyl sites for hydroxylation is 1. The van der Waals surface area contributed by atoms with Gasteiger partial charge in [-0.15, -0.1) is 0 Å². The Bertz CT molecular complexity index is 1040. The van der Waals surface area contributed by atoms with E-state index in [9.17, 15) is 14.4 Å². The number of nitrogens with zero attached hydrogens (tertiary/aromatic N) is 3. The molecule has 1 fully saturated rings. The Morgan fingerprint density at radius 2 is 1.93 bits per heavy atom. The van der Waals surface area contributed by atoms with Crippen LogP contribution in [0, 0.1) is 6.92 Å². The predicted octanol–water partition coefficient (Wildman–Crippen LogP) is 2.09. The minimum atomic E-state index is -0.703. The molecule has 8 heteroatoms. The summed E-state index contributed by atoms with van der Waals surface area (Å²) in [5, 5.41) is 2.94. The van der Waals surface area contributed by atoms with E-state index in [0.29, 0.717) is 17.0 Å². The number of carbonyl (C=O) groups is 3. The summed E-state index contributed by atoms with van der Waals surface area (Å²) in [5.74, 6) is -0.767. The van der Waals surface area contributed by atoms with Crippen LogP contribution in [0.1, 0.15) is 27.8 Å². The lowest BCUT2D eigenvalue weighted by molar-refractivity contribution is -0.126. The number of benzene rings is 1. The maximum absolute atomic E-state index is 13.1. The first-order valence-corrected chi connectivity index (χ1v) is 8.81. The fraction of sp³-hybridized carbons (Fsp3) is 0.200. The second-order valence-corrected chi connectivity index (χ2v) is 6.47. The average Bonchev–Trinajstić information content (AvgIpc) is 3.20. The van der Waals surface area contributed by atoms with E-state index in [1.165, 1.54) is 0 Å². The Labute approximate surface area is 160 Å². The van der Waals surface area contributed by atoms with Crippen LogP contribution in [0.2, 0.25) is 0 Å². The Hall–Kier alpha value is -3.68. The summed E-state index contributed by atoms with van der Waals surface area (Å²) >= 11 is 0. The number of imide groups is 1. The maximum atomic E-state index is 13.1. The molecule has 0 radical (unpaired) electrons. The summed E-state index contributed by atoms with van der Waals surface area (Å²) in [4.78, 5) is 42.3. The molecule has 142 valence electrons. The number of fused-ring (bicyclic) bond motifs is 1. The number of hydrogen-bond donors (Lipinski definition) is 1. The van der Waals surface area contributed by atoms with Crippen molar-refractivity contribution in [3.8, 4) is 0 Å². The minimum absolute atomic E-state index is 0.0107. The normalized spacial score (nSPS) is 15.0. The molecule has 1 aromatic carbocycles. The summed E-state index contributed by atoms with van der Waals surface area (Å²) < 4.78 is 6.49. The van der Waals surface area contributed by atoms with Gasteiger partial charge < -0.3 is 10.1 Å². The molecule has 8 nitrogen and oxygen atoms in total. The van der Waals surface area contributed by atoms with E-state index in [2.05, 4.69) is 10.3 Å². The summed E-state index contributed by atoms with van der Waals surface area (Å²) in [7, 11) is 0. The fourth-order valence-electron chi connectivity index (χ4n) is 3.27. The van der Waals surface area contributed by atoms with Crippen molar-refractivity contribution < 1.29 is 19.1 Å². The van der Waals surface area contributed by atoms with E-state index in [1.54, 1.807) is 17.5 Å². The van der Waals surface area contributed by atoms with Crippen molar-refractivity contribution in [2.45, 2.75) is 13.0 Å². The van der Waals surface area contributed by atoms with Gasteiger partial charge in [0.2, 0.25) is 0 Å². The molecule has 0 spiro atoms. The van der Waals surface area contributed by atoms with Crippen molar-refractivity contribution >= 4 is 23.6 Å². The molecule has 1 saturated heterocycles. The second-order valence-electron chi connectivity index (χ2n) is 6.47. The number of hydrogen-bond acceptors (Lipinski definition) is 5. The van der Waals surface area contributed by atoms with Gasteiger partial charge in [0, 0.05) is 6.20 Å². The molecule has 0 aliphatic carbocycles. The number of carbonyl (C=O) groups excluding carboxylic acids is 3. The number of cyclic esters (lactones) is 1. The van der Waals surface area contributed by atoms with Gasteiger partial charge in [0.15, 0.2) is 6.61 Å². The summed E-state index contributed by atoms with van der Waals surface area (Å²) in [5.41, 5.74) is 2.44. The molecule has 1 aliphatic rings. The Balaban J connectivity index is 1.65. The van der Waals surface area contributed by atoms with E-state index in [4.69, 9.17) is 4.74 Å².